The molecule has 0 fully saturated rings. The van der Waals surface area contributed by atoms with Crippen LogP contribution in [0.25, 0.3) is 22.4 Å². The third-order valence-corrected chi connectivity index (χ3v) is 7.86. The monoisotopic (exact) mass is 496 g/mol. The zero-order valence-electron chi connectivity index (χ0n) is 21.8. The average molecular weight is 497 g/mol. The lowest BCUT2D eigenvalue weighted by molar-refractivity contribution is 0.589. The maximum Gasteiger partial charge on any atom is 0.267 e. The van der Waals surface area contributed by atoms with Crippen LogP contribution in [0.5, 0.6) is 0 Å². The van der Waals surface area contributed by atoms with E-state index >= 15 is 0 Å². The van der Waals surface area contributed by atoms with E-state index in [0.29, 0.717) is 11.2 Å². The molecule has 5 aromatic rings. The van der Waals surface area contributed by atoms with Gasteiger partial charge in [-0.2, -0.15) is 0 Å². The number of fused-ring (bicyclic) bond motifs is 3. The molecule has 0 unspecified atom stereocenters. The van der Waals surface area contributed by atoms with Crippen LogP contribution in [0.15, 0.2) is 70.6 Å². The maximum absolute atomic E-state index is 13.6. The van der Waals surface area contributed by atoms with E-state index < -0.39 is 0 Å². The number of thioether (sulfide) groups is 1. The maximum atomic E-state index is 13.6. The van der Waals surface area contributed by atoms with Crippen LogP contribution in [0.3, 0.4) is 0 Å². The number of aromatic nitrogens is 4. The van der Waals surface area contributed by atoms with E-state index in [0.717, 1.165) is 28.5 Å². The van der Waals surface area contributed by atoms with Gasteiger partial charge in [-0.15, -0.1) is 10.2 Å². The van der Waals surface area contributed by atoms with Gasteiger partial charge in [-0.05, 0) is 77.8 Å². The number of benzene rings is 3. The van der Waals surface area contributed by atoms with Crippen LogP contribution < -0.4 is 5.56 Å². The molecule has 0 amide bonds. The van der Waals surface area contributed by atoms with Gasteiger partial charge in [-0.25, -0.2) is 4.57 Å². The van der Waals surface area contributed by atoms with Gasteiger partial charge in [0.1, 0.15) is 0 Å². The summed E-state index contributed by atoms with van der Waals surface area (Å²) in [7, 11) is 0. The van der Waals surface area contributed by atoms with Crippen molar-refractivity contribution in [2.45, 2.75) is 64.3 Å². The van der Waals surface area contributed by atoms with E-state index in [1.54, 1.807) is 16.3 Å². The number of hydrogen-bond donors (Lipinski definition) is 0. The van der Waals surface area contributed by atoms with E-state index in [1.165, 1.54) is 27.8 Å². The summed E-state index contributed by atoms with van der Waals surface area (Å²) in [4.78, 5) is 13.6. The summed E-state index contributed by atoms with van der Waals surface area (Å²) in [6.07, 6.45) is 0.948. The van der Waals surface area contributed by atoms with Gasteiger partial charge < -0.3 is 0 Å². The Kier molecular flexibility index (Phi) is 6.25. The van der Waals surface area contributed by atoms with E-state index in [9.17, 15) is 4.79 Å². The SMILES string of the molecule is CCc1ccc(-n2c(=O)c3ccccc3n3c(SCc4c(C)cc(C(C)(C)C)cc4C)nnc23)cc1. The third-order valence-electron chi connectivity index (χ3n) is 6.91. The molecular weight excluding hydrogens is 464 g/mol. The van der Waals surface area contributed by atoms with E-state index in [4.69, 9.17) is 0 Å². The van der Waals surface area contributed by atoms with Gasteiger partial charge in [0.15, 0.2) is 5.16 Å². The fourth-order valence-electron chi connectivity index (χ4n) is 4.68. The molecule has 2 aromatic heterocycles. The summed E-state index contributed by atoms with van der Waals surface area (Å²) in [6.45, 7) is 13.2. The van der Waals surface area contributed by atoms with Crippen molar-refractivity contribution in [2.75, 3.05) is 0 Å². The molecular formula is C30H32N4OS. The Bertz CT molecular complexity index is 1620. The summed E-state index contributed by atoms with van der Waals surface area (Å²) in [5, 5.41) is 10.5. The highest BCUT2D eigenvalue weighted by molar-refractivity contribution is 7.98. The molecule has 0 aliphatic carbocycles. The molecule has 6 heteroatoms. The van der Waals surface area contributed by atoms with Crippen molar-refractivity contribution in [2.24, 2.45) is 0 Å². The summed E-state index contributed by atoms with van der Waals surface area (Å²) < 4.78 is 3.69. The van der Waals surface area contributed by atoms with Crippen LogP contribution in [0, 0.1) is 13.8 Å². The lowest BCUT2D eigenvalue weighted by atomic mass is 9.84. The van der Waals surface area contributed by atoms with Crippen molar-refractivity contribution >= 4 is 28.4 Å². The molecule has 5 nitrogen and oxygen atoms in total. The standard InChI is InChI=1S/C30H32N4OS/c1-7-21-12-14-23(15-13-21)33-27(35)24-10-8-9-11-26(24)34-28(33)31-32-29(34)36-18-25-19(2)16-22(17-20(25)3)30(4,5)6/h8-17H,7,18H2,1-6H3. The van der Waals surface area contributed by atoms with E-state index in [-0.39, 0.29) is 11.0 Å². The molecule has 3 aromatic carbocycles. The first kappa shape index (κ1) is 24.3. The smallest absolute Gasteiger partial charge is 0.267 e. The first-order chi connectivity index (χ1) is 17.2. The van der Waals surface area contributed by atoms with Crippen molar-refractivity contribution in [1.82, 2.24) is 19.2 Å². The van der Waals surface area contributed by atoms with Crippen molar-refractivity contribution in [3.05, 3.63) is 98.8 Å². The normalized spacial score (nSPS) is 12.1. The Hall–Kier alpha value is -3.38. The fraction of sp³-hybridized carbons (Fsp3) is 0.300. The molecule has 0 saturated carbocycles. The van der Waals surface area contributed by atoms with E-state index in [2.05, 4.69) is 76.0 Å². The van der Waals surface area contributed by atoms with Crippen molar-refractivity contribution in [1.29, 1.82) is 0 Å². The minimum absolute atomic E-state index is 0.0873. The molecule has 36 heavy (non-hydrogen) atoms. The molecule has 2 heterocycles. The molecule has 0 saturated heterocycles. The molecule has 0 radical (unpaired) electrons. The second-order valence-corrected chi connectivity index (χ2v) is 11.4. The summed E-state index contributed by atoms with van der Waals surface area (Å²) in [6, 6.07) is 20.4. The number of aryl methyl sites for hydroxylation is 3. The van der Waals surface area contributed by atoms with Crippen LogP contribution >= 0.6 is 11.8 Å². The summed E-state index contributed by atoms with van der Waals surface area (Å²) in [5.41, 5.74) is 8.12. The van der Waals surface area contributed by atoms with Crippen LogP contribution in [0.1, 0.15) is 55.5 Å². The highest BCUT2D eigenvalue weighted by Gasteiger charge is 2.20. The largest absolute Gasteiger partial charge is 0.268 e. The Morgan fingerprint density at radius 1 is 0.917 bits per heavy atom. The Morgan fingerprint density at radius 2 is 1.58 bits per heavy atom. The van der Waals surface area contributed by atoms with Gasteiger partial charge in [-0.3, -0.25) is 9.20 Å². The second kappa shape index (κ2) is 9.25. The van der Waals surface area contributed by atoms with Gasteiger partial charge in [0.25, 0.3) is 5.56 Å². The second-order valence-electron chi connectivity index (χ2n) is 10.4. The molecule has 0 spiro atoms. The first-order valence-corrected chi connectivity index (χ1v) is 13.4. The number of para-hydroxylation sites is 1. The predicted octanol–water partition coefficient (Wildman–Crippen LogP) is 6.80. The summed E-state index contributed by atoms with van der Waals surface area (Å²) in [5.74, 6) is 1.31. The van der Waals surface area contributed by atoms with Crippen LogP contribution in [-0.4, -0.2) is 19.2 Å². The number of nitrogens with zero attached hydrogens (tertiary/aromatic N) is 4. The van der Waals surface area contributed by atoms with Crippen molar-refractivity contribution in [3.63, 3.8) is 0 Å². The molecule has 0 atom stereocenters. The highest BCUT2D eigenvalue weighted by Crippen LogP contribution is 2.31. The minimum atomic E-state index is -0.0873. The quantitative estimate of drug-likeness (QED) is 0.251. The lowest BCUT2D eigenvalue weighted by Gasteiger charge is -2.22. The number of hydrogen-bond acceptors (Lipinski definition) is 4. The Balaban J connectivity index is 1.62. The molecule has 0 N–H and O–H groups in total. The Morgan fingerprint density at radius 3 is 2.22 bits per heavy atom. The van der Waals surface area contributed by atoms with Crippen molar-refractivity contribution < 1.29 is 0 Å². The molecule has 0 bridgehead atoms. The van der Waals surface area contributed by atoms with Gasteiger partial charge in [-0.1, -0.05) is 75.9 Å². The zero-order valence-corrected chi connectivity index (χ0v) is 22.6. The van der Waals surface area contributed by atoms with Crippen LogP contribution in [0.4, 0.5) is 0 Å². The molecule has 184 valence electrons. The summed E-state index contributed by atoms with van der Waals surface area (Å²) >= 11 is 1.66. The molecule has 5 rings (SSSR count). The number of rotatable bonds is 5. The van der Waals surface area contributed by atoms with Gasteiger partial charge in [0, 0.05) is 5.75 Å². The van der Waals surface area contributed by atoms with Gasteiger partial charge in [0.2, 0.25) is 5.78 Å². The van der Waals surface area contributed by atoms with E-state index in [1.807, 2.05) is 40.8 Å². The molecule has 0 aliphatic heterocycles. The highest BCUT2D eigenvalue weighted by atomic mass is 32.2. The van der Waals surface area contributed by atoms with Gasteiger partial charge >= 0.3 is 0 Å². The van der Waals surface area contributed by atoms with Crippen LogP contribution in [0.2, 0.25) is 0 Å². The zero-order chi connectivity index (χ0) is 25.6. The Labute approximate surface area is 216 Å². The van der Waals surface area contributed by atoms with Gasteiger partial charge in [0.05, 0.1) is 16.6 Å². The minimum Gasteiger partial charge on any atom is -0.268 e. The lowest BCUT2D eigenvalue weighted by Crippen LogP contribution is -2.21. The van der Waals surface area contributed by atoms with Crippen LogP contribution in [-0.2, 0) is 17.6 Å². The third kappa shape index (κ3) is 4.24. The fourth-order valence-corrected chi connectivity index (χ4v) is 5.81. The predicted molar refractivity (Wildman–Crippen MR) is 150 cm³/mol. The molecule has 0 aliphatic rings. The topological polar surface area (TPSA) is 52.2 Å². The first-order valence-electron chi connectivity index (χ1n) is 12.4. The van der Waals surface area contributed by atoms with Crippen molar-refractivity contribution in [3.8, 4) is 5.69 Å². The average Bonchev–Trinajstić information content (AvgIpc) is 3.27.